The van der Waals surface area contributed by atoms with Crippen LogP contribution in [0.1, 0.15) is 40.3 Å². The molecule has 0 saturated heterocycles. The highest BCUT2D eigenvalue weighted by Gasteiger charge is 2.33. The van der Waals surface area contributed by atoms with E-state index >= 15 is 0 Å². The van der Waals surface area contributed by atoms with E-state index in [9.17, 15) is 4.79 Å². The molecule has 0 fully saturated rings. The molecule has 0 bridgehead atoms. The third-order valence-electron chi connectivity index (χ3n) is 3.60. The number of aryl methyl sites for hydroxylation is 2. The van der Waals surface area contributed by atoms with Gasteiger partial charge in [0, 0.05) is 5.57 Å². The van der Waals surface area contributed by atoms with Crippen molar-refractivity contribution >= 4 is 11.9 Å². The molecule has 0 aliphatic carbocycles. The lowest BCUT2D eigenvalue weighted by Crippen LogP contribution is -2.02. The standard InChI is InChI=1S/C15H15N3O/c1-9-4-5-10(2)12(6-9)7-13-11(3)18-15(14(13)19)16-8-17-18/h4-8,11H,1-3H3. The highest BCUT2D eigenvalue weighted by molar-refractivity contribution is 6.12. The fourth-order valence-electron chi connectivity index (χ4n) is 2.42. The van der Waals surface area contributed by atoms with Crippen LogP contribution in [-0.4, -0.2) is 20.5 Å². The largest absolute Gasteiger partial charge is 0.285 e. The molecule has 4 heteroatoms. The van der Waals surface area contributed by atoms with Gasteiger partial charge in [0.1, 0.15) is 6.33 Å². The van der Waals surface area contributed by atoms with Crippen LogP contribution in [0.2, 0.25) is 0 Å². The summed E-state index contributed by atoms with van der Waals surface area (Å²) in [6.45, 7) is 6.07. The summed E-state index contributed by atoms with van der Waals surface area (Å²) >= 11 is 0. The van der Waals surface area contributed by atoms with E-state index in [1.807, 2.05) is 26.8 Å². The number of allylic oxidation sites excluding steroid dienone is 1. The molecule has 0 radical (unpaired) electrons. The van der Waals surface area contributed by atoms with Crippen molar-refractivity contribution in [3.05, 3.63) is 52.6 Å². The van der Waals surface area contributed by atoms with Gasteiger partial charge in [-0.1, -0.05) is 23.8 Å². The zero-order valence-corrected chi connectivity index (χ0v) is 11.2. The third-order valence-corrected chi connectivity index (χ3v) is 3.60. The van der Waals surface area contributed by atoms with Gasteiger partial charge in [-0.15, -0.1) is 0 Å². The number of nitrogens with zero attached hydrogens (tertiary/aromatic N) is 3. The number of fused-ring (bicyclic) bond motifs is 1. The lowest BCUT2D eigenvalue weighted by atomic mass is 9.99. The molecule has 1 aromatic carbocycles. The van der Waals surface area contributed by atoms with Gasteiger partial charge in [0.25, 0.3) is 0 Å². The normalized spacial score (nSPS) is 20.1. The van der Waals surface area contributed by atoms with E-state index in [0.29, 0.717) is 5.82 Å². The maximum absolute atomic E-state index is 12.3. The topological polar surface area (TPSA) is 47.8 Å². The van der Waals surface area contributed by atoms with Crippen LogP contribution in [-0.2, 0) is 0 Å². The summed E-state index contributed by atoms with van der Waals surface area (Å²) < 4.78 is 1.68. The van der Waals surface area contributed by atoms with E-state index in [1.54, 1.807) is 4.68 Å². The van der Waals surface area contributed by atoms with Crippen molar-refractivity contribution < 1.29 is 4.79 Å². The Labute approximate surface area is 111 Å². The Kier molecular flexibility index (Phi) is 2.59. The molecule has 4 nitrogen and oxygen atoms in total. The first-order valence-corrected chi connectivity index (χ1v) is 6.31. The van der Waals surface area contributed by atoms with Crippen molar-refractivity contribution in [2.24, 2.45) is 0 Å². The van der Waals surface area contributed by atoms with E-state index in [-0.39, 0.29) is 11.8 Å². The van der Waals surface area contributed by atoms with E-state index in [4.69, 9.17) is 0 Å². The number of aromatic nitrogens is 3. The number of hydrogen-bond acceptors (Lipinski definition) is 3. The predicted molar refractivity (Wildman–Crippen MR) is 73.0 cm³/mol. The molecule has 1 aliphatic rings. The fourth-order valence-corrected chi connectivity index (χ4v) is 2.42. The number of carbonyl (C=O) groups excluding carboxylic acids is 1. The molecule has 0 N–H and O–H groups in total. The number of hydrogen-bond donors (Lipinski definition) is 0. The van der Waals surface area contributed by atoms with Gasteiger partial charge in [0.2, 0.25) is 5.78 Å². The van der Waals surface area contributed by atoms with E-state index in [2.05, 4.69) is 28.3 Å². The molecule has 1 atom stereocenters. The van der Waals surface area contributed by atoms with Crippen molar-refractivity contribution in [3.63, 3.8) is 0 Å². The quantitative estimate of drug-likeness (QED) is 0.734. The second-order valence-electron chi connectivity index (χ2n) is 4.99. The molecule has 1 aliphatic heterocycles. The van der Waals surface area contributed by atoms with Crippen LogP contribution in [0.25, 0.3) is 6.08 Å². The molecule has 0 saturated carbocycles. The van der Waals surface area contributed by atoms with Crippen LogP contribution in [0.15, 0.2) is 30.1 Å². The molecular formula is C15H15N3O. The highest BCUT2D eigenvalue weighted by atomic mass is 16.1. The van der Waals surface area contributed by atoms with Gasteiger partial charge in [-0.2, -0.15) is 5.10 Å². The summed E-state index contributed by atoms with van der Waals surface area (Å²) in [4.78, 5) is 16.3. The Hall–Kier alpha value is -2.23. The van der Waals surface area contributed by atoms with Gasteiger partial charge in [-0.25, -0.2) is 9.67 Å². The van der Waals surface area contributed by atoms with Gasteiger partial charge in [0.15, 0.2) is 5.82 Å². The van der Waals surface area contributed by atoms with Crippen molar-refractivity contribution in [3.8, 4) is 0 Å². The molecule has 2 aromatic rings. The number of Topliss-reactive ketones (excluding diaryl/α,β-unsaturated/α-hetero) is 1. The van der Waals surface area contributed by atoms with Crippen LogP contribution in [0.5, 0.6) is 0 Å². The Morgan fingerprint density at radius 3 is 2.84 bits per heavy atom. The molecule has 0 amide bonds. The first-order chi connectivity index (χ1) is 9.08. The molecule has 19 heavy (non-hydrogen) atoms. The zero-order chi connectivity index (χ0) is 13.6. The minimum Gasteiger partial charge on any atom is -0.285 e. The molecule has 0 spiro atoms. The van der Waals surface area contributed by atoms with E-state index < -0.39 is 0 Å². The monoisotopic (exact) mass is 253 g/mol. The Balaban J connectivity index is 2.08. The van der Waals surface area contributed by atoms with Gasteiger partial charge in [0.05, 0.1) is 6.04 Å². The Bertz CT molecular complexity index is 697. The number of ketones is 1. The molecule has 2 heterocycles. The number of rotatable bonds is 1. The maximum atomic E-state index is 12.3. The summed E-state index contributed by atoms with van der Waals surface area (Å²) in [6.07, 6.45) is 3.39. The van der Waals surface area contributed by atoms with Crippen LogP contribution >= 0.6 is 0 Å². The van der Waals surface area contributed by atoms with Crippen molar-refractivity contribution in [1.82, 2.24) is 14.8 Å². The Morgan fingerprint density at radius 1 is 1.32 bits per heavy atom. The molecule has 1 unspecified atom stereocenters. The smallest absolute Gasteiger partial charge is 0.228 e. The Morgan fingerprint density at radius 2 is 2.11 bits per heavy atom. The average molecular weight is 253 g/mol. The van der Waals surface area contributed by atoms with Gasteiger partial charge < -0.3 is 0 Å². The molecule has 1 aromatic heterocycles. The summed E-state index contributed by atoms with van der Waals surface area (Å²) in [6, 6.07) is 6.19. The minimum atomic E-state index is -0.0510. The third kappa shape index (κ3) is 1.80. The van der Waals surface area contributed by atoms with E-state index in [0.717, 1.165) is 16.7 Å². The van der Waals surface area contributed by atoms with Crippen molar-refractivity contribution in [2.45, 2.75) is 26.8 Å². The van der Waals surface area contributed by atoms with Gasteiger partial charge >= 0.3 is 0 Å². The maximum Gasteiger partial charge on any atom is 0.228 e. The second kappa shape index (κ2) is 4.16. The van der Waals surface area contributed by atoms with Crippen LogP contribution < -0.4 is 0 Å². The lowest BCUT2D eigenvalue weighted by Gasteiger charge is -2.07. The van der Waals surface area contributed by atoms with Crippen LogP contribution in [0.3, 0.4) is 0 Å². The minimum absolute atomic E-state index is 0.0223. The number of benzene rings is 1. The molecule has 96 valence electrons. The average Bonchev–Trinajstić information content (AvgIpc) is 2.94. The lowest BCUT2D eigenvalue weighted by molar-refractivity contribution is 0.103. The summed E-state index contributed by atoms with van der Waals surface area (Å²) in [5.41, 5.74) is 4.19. The zero-order valence-electron chi connectivity index (χ0n) is 11.2. The summed E-state index contributed by atoms with van der Waals surface area (Å²) in [7, 11) is 0. The first kappa shape index (κ1) is 11.8. The van der Waals surface area contributed by atoms with Crippen molar-refractivity contribution in [1.29, 1.82) is 0 Å². The SMILES string of the molecule is Cc1ccc(C)c(C=C2C(=O)c3ncnn3C2C)c1. The number of carbonyl (C=O) groups is 1. The highest BCUT2D eigenvalue weighted by Crippen LogP contribution is 2.30. The van der Waals surface area contributed by atoms with Crippen molar-refractivity contribution in [2.75, 3.05) is 0 Å². The van der Waals surface area contributed by atoms with Crippen LogP contribution in [0, 0.1) is 13.8 Å². The van der Waals surface area contributed by atoms with E-state index in [1.165, 1.54) is 11.9 Å². The summed E-state index contributed by atoms with van der Waals surface area (Å²) in [5.74, 6) is 0.412. The van der Waals surface area contributed by atoms with Crippen LogP contribution in [0.4, 0.5) is 0 Å². The molecule has 3 rings (SSSR count). The fraction of sp³-hybridized carbons (Fsp3) is 0.267. The van der Waals surface area contributed by atoms with Gasteiger partial charge in [-0.05, 0) is 38.0 Å². The second-order valence-corrected chi connectivity index (χ2v) is 4.99. The summed E-state index contributed by atoms with van der Waals surface area (Å²) in [5, 5.41) is 4.10. The van der Waals surface area contributed by atoms with Gasteiger partial charge in [-0.3, -0.25) is 4.79 Å². The predicted octanol–water partition coefficient (Wildman–Crippen LogP) is 2.74. The molecular weight excluding hydrogens is 238 g/mol. The first-order valence-electron chi connectivity index (χ1n) is 6.31.